The van der Waals surface area contributed by atoms with Crippen LogP contribution >= 0.6 is 11.6 Å². The SMILES string of the molecule is CCCCOc1cc(C)cc(C)c1NC(=O)Cl. The summed E-state index contributed by atoms with van der Waals surface area (Å²) in [5, 5.41) is 2.00. The first kappa shape index (κ1) is 13.8. The van der Waals surface area contributed by atoms with Gasteiger partial charge in [-0.05, 0) is 49.1 Å². The quantitative estimate of drug-likeness (QED) is 0.485. The van der Waals surface area contributed by atoms with Crippen molar-refractivity contribution in [3.63, 3.8) is 0 Å². The van der Waals surface area contributed by atoms with Crippen molar-refractivity contribution in [2.24, 2.45) is 0 Å². The molecule has 17 heavy (non-hydrogen) atoms. The molecule has 1 N–H and O–H groups in total. The van der Waals surface area contributed by atoms with E-state index in [0.29, 0.717) is 18.0 Å². The van der Waals surface area contributed by atoms with Crippen LogP contribution in [0.4, 0.5) is 10.5 Å². The molecule has 0 spiro atoms. The van der Waals surface area contributed by atoms with E-state index in [4.69, 9.17) is 16.3 Å². The molecule has 0 fully saturated rings. The number of halogens is 1. The smallest absolute Gasteiger partial charge is 0.318 e. The molecule has 0 aliphatic heterocycles. The summed E-state index contributed by atoms with van der Waals surface area (Å²) >= 11 is 5.35. The molecule has 1 aromatic carbocycles. The van der Waals surface area contributed by atoms with E-state index in [-0.39, 0.29) is 0 Å². The Morgan fingerprint density at radius 1 is 1.41 bits per heavy atom. The Morgan fingerprint density at radius 2 is 2.12 bits per heavy atom. The highest BCUT2D eigenvalue weighted by Gasteiger charge is 2.10. The number of rotatable bonds is 5. The summed E-state index contributed by atoms with van der Waals surface area (Å²) in [6.07, 6.45) is 2.06. The second-order valence-electron chi connectivity index (χ2n) is 4.06. The Morgan fingerprint density at radius 3 is 2.71 bits per heavy atom. The average molecular weight is 256 g/mol. The topological polar surface area (TPSA) is 38.3 Å². The molecule has 0 unspecified atom stereocenters. The van der Waals surface area contributed by atoms with Gasteiger partial charge >= 0.3 is 5.37 Å². The Labute approximate surface area is 107 Å². The number of nitrogens with one attached hydrogen (secondary N) is 1. The average Bonchev–Trinajstić information content (AvgIpc) is 2.23. The molecule has 0 aromatic heterocycles. The molecule has 0 heterocycles. The minimum absolute atomic E-state index is 0.600. The van der Waals surface area contributed by atoms with Gasteiger partial charge in [0.2, 0.25) is 0 Å². The predicted molar refractivity (Wildman–Crippen MR) is 71.2 cm³/mol. The van der Waals surface area contributed by atoms with E-state index >= 15 is 0 Å². The van der Waals surface area contributed by atoms with E-state index in [1.807, 2.05) is 26.0 Å². The molecule has 0 aliphatic carbocycles. The van der Waals surface area contributed by atoms with Gasteiger partial charge in [-0.2, -0.15) is 0 Å². The summed E-state index contributed by atoms with van der Waals surface area (Å²) < 4.78 is 5.67. The number of unbranched alkanes of at least 4 members (excludes halogenated alkanes) is 1. The fraction of sp³-hybridized carbons (Fsp3) is 0.462. The normalized spacial score (nSPS) is 10.1. The zero-order chi connectivity index (χ0) is 12.8. The van der Waals surface area contributed by atoms with Crippen molar-refractivity contribution in [3.05, 3.63) is 23.3 Å². The van der Waals surface area contributed by atoms with Crippen molar-refractivity contribution < 1.29 is 9.53 Å². The molecule has 0 saturated heterocycles. The molecule has 0 radical (unpaired) electrons. The number of aryl methyl sites for hydroxylation is 2. The summed E-state index contributed by atoms with van der Waals surface area (Å²) in [5.41, 5.74) is 2.71. The van der Waals surface area contributed by atoms with Crippen LogP contribution in [0, 0.1) is 13.8 Å². The molecule has 1 aromatic rings. The Balaban J connectivity index is 2.94. The van der Waals surface area contributed by atoms with E-state index in [2.05, 4.69) is 12.2 Å². The molecule has 0 atom stereocenters. The van der Waals surface area contributed by atoms with Gasteiger partial charge in [-0.3, -0.25) is 4.79 Å². The monoisotopic (exact) mass is 255 g/mol. The highest BCUT2D eigenvalue weighted by atomic mass is 35.5. The van der Waals surface area contributed by atoms with E-state index < -0.39 is 5.37 Å². The Kier molecular flexibility index (Phi) is 5.29. The van der Waals surface area contributed by atoms with Gasteiger partial charge in [0.15, 0.2) is 0 Å². The number of carbonyl (C=O) groups is 1. The van der Waals surface area contributed by atoms with E-state index in [9.17, 15) is 4.79 Å². The number of hydrogen-bond donors (Lipinski definition) is 1. The van der Waals surface area contributed by atoms with Crippen molar-refractivity contribution in [1.29, 1.82) is 0 Å². The van der Waals surface area contributed by atoms with Crippen LogP contribution in [0.3, 0.4) is 0 Å². The minimum atomic E-state index is -0.600. The summed E-state index contributed by atoms with van der Waals surface area (Å²) in [7, 11) is 0. The van der Waals surface area contributed by atoms with Crippen molar-refractivity contribution in [1.82, 2.24) is 0 Å². The van der Waals surface area contributed by atoms with Crippen LogP contribution in [-0.2, 0) is 0 Å². The zero-order valence-electron chi connectivity index (χ0n) is 10.5. The lowest BCUT2D eigenvalue weighted by atomic mass is 10.1. The maximum atomic E-state index is 10.9. The number of benzene rings is 1. The van der Waals surface area contributed by atoms with Gasteiger partial charge in [-0.25, -0.2) is 0 Å². The van der Waals surface area contributed by atoms with E-state index in [1.165, 1.54) is 0 Å². The lowest BCUT2D eigenvalue weighted by Crippen LogP contribution is -2.07. The first-order valence-corrected chi connectivity index (χ1v) is 6.13. The summed E-state index contributed by atoms with van der Waals surface area (Å²) in [6, 6.07) is 3.89. The standard InChI is InChI=1S/C13H18ClNO2/c1-4-5-6-17-11-8-9(2)7-10(3)12(11)15-13(14)16/h7-8H,4-6H2,1-3H3,(H,15,16). The molecular weight excluding hydrogens is 238 g/mol. The first-order valence-electron chi connectivity index (χ1n) is 5.75. The van der Waals surface area contributed by atoms with Crippen LogP contribution in [0.5, 0.6) is 5.75 Å². The first-order chi connectivity index (χ1) is 8.04. The second-order valence-corrected chi connectivity index (χ2v) is 4.40. The third-order valence-corrected chi connectivity index (χ3v) is 2.52. The molecule has 1 rings (SSSR count). The molecular formula is C13H18ClNO2. The number of anilines is 1. The molecule has 94 valence electrons. The van der Waals surface area contributed by atoms with Gasteiger partial charge in [0.05, 0.1) is 12.3 Å². The third kappa shape index (κ3) is 4.27. The van der Waals surface area contributed by atoms with Crippen LogP contribution in [0.15, 0.2) is 12.1 Å². The van der Waals surface area contributed by atoms with Crippen LogP contribution < -0.4 is 10.1 Å². The van der Waals surface area contributed by atoms with Crippen LogP contribution in [0.2, 0.25) is 0 Å². The Bertz CT molecular complexity index is 405. The molecule has 0 bridgehead atoms. The van der Waals surface area contributed by atoms with Gasteiger partial charge < -0.3 is 10.1 Å². The zero-order valence-corrected chi connectivity index (χ0v) is 11.2. The lowest BCUT2D eigenvalue weighted by Gasteiger charge is -2.14. The van der Waals surface area contributed by atoms with Gasteiger partial charge in [0.25, 0.3) is 0 Å². The highest BCUT2D eigenvalue weighted by Crippen LogP contribution is 2.30. The number of amides is 1. The van der Waals surface area contributed by atoms with Gasteiger partial charge in [-0.15, -0.1) is 0 Å². The molecule has 0 aliphatic rings. The van der Waals surface area contributed by atoms with Gasteiger partial charge in [0.1, 0.15) is 5.75 Å². The maximum absolute atomic E-state index is 10.9. The van der Waals surface area contributed by atoms with E-state index in [0.717, 1.165) is 24.0 Å². The predicted octanol–water partition coefficient (Wildman–Crippen LogP) is 4.25. The molecule has 3 nitrogen and oxygen atoms in total. The van der Waals surface area contributed by atoms with E-state index in [1.54, 1.807) is 0 Å². The van der Waals surface area contributed by atoms with Gasteiger partial charge in [0, 0.05) is 0 Å². The fourth-order valence-corrected chi connectivity index (χ4v) is 1.72. The second kappa shape index (κ2) is 6.50. The summed E-state index contributed by atoms with van der Waals surface area (Å²) in [6.45, 7) is 6.66. The van der Waals surface area contributed by atoms with Crippen molar-refractivity contribution >= 4 is 22.7 Å². The minimum Gasteiger partial charge on any atom is -0.491 e. The largest absolute Gasteiger partial charge is 0.491 e. The van der Waals surface area contributed by atoms with Crippen molar-refractivity contribution in [2.75, 3.05) is 11.9 Å². The summed E-state index contributed by atoms with van der Waals surface area (Å²) in [4.78, 5) is 10.9. The van der Waals surface area contributed by atoms with Crippen LogP contribution in [0.1, 0.15) is 30.9 Å². The summed E-state index contributed by atoms with van der Waals surface area (Å²) in [5.74, 6) is 0.685. The molecule has 1 amide bonds. The fourth-order valence-electron chi connectivity index (χ4n) is 1.63. The number of carbonyl (C=O) groups excluding carboxylic acids is 1. The number of hydrogen-bond acceptors (Lipinski definition) is 2. The Hall–Kier alpha value is -1.22. The van der Waals surface area contributed by atoms with Crippen LogP contribution in [0.25, 0.3) is 0 Å². The lowest BCUT2D eigenvalue weighted by molar-refractivity contribution is 0.268. The maximum Gasteiger partial charge on any atom is 0.318 e. The third-order valence-electron chi connectivity index (χ3n) is 2.42. The van der Waals surface area contributed by atoms with Crippen molar-refractivity contribution in [2.45, 2.75) is 33.6 Å². The number of ether oxygens (including phenoxy) is 1. The van der Waals surface area contributed by atoms with Crippen LogP contribution in [-0.4, -0.2) is 12.0 Å². The molecule has 4 heteroatoms. The van der Waals surface area contributed by atoms with Crippen molar-refractivity contribution in [3.8, 4) is 5.75 Å². The van der Waals surface area contributed by atoms with Gasteiger partial charge in [-0.1, -0.05) is 19.4 Å². The highest BCUT2D eigenvalue weighted by molar-refractivity contribution is 6.65. The molecule has 0 saturated carbocycles.